The molecular weight excluding hydrogens is 501 g/mol. The van der Waals surface area contributed by atoms with Gasteiger partial charge in [-0.05, 0) is 70.8 Å². The molecule has 4 aromatic carbocycles. The predicted octanol–water partition coefficient (Wildman–Crippen LogP) is 7.74. The van der Waals surface area contributed by atoms with Gasteiger partial charge in [-0.25, -0.2) is 0 Å². The van der Waals surface area contributed by atoms with Crippen LogP contribution in [0.3, 0.4) is 0 Å². The van der Waals surface area contributed by atoms with Gasteiger partial charge in [-0.1, -0.05) is 97.4 Å². The molecule has 0 N–H and O–H groups in total. The summed E-state index contributed by atoms with van der Waals surface area (Å²) in [6.45, 7) is 4.71. The summed E-state index contributed by atoms with van der Waals surface area (Å²) >= 11 is 0. The average Bonchev–Trinajstić information content (AvgIpc) is 3.21. The Kier molecular flexibility index (Phi) is 7.57. The van der Waals surface area contributed by atoms with Gasteiger partial charge in [0.2, 0.25) is 0 Å². The van der Waals surface area contributed by atoms with Gasteiger partial charge in [-0.3, -0.25) is 0 Å². The Labute approximate surface area is 238 Å². The van der Waals surface area contributed by atoms with E-state index in [4.69, 9.17) is 0 Å². The van der Waals surface area contributed by atoms with Crippen LogP contribution in [0.15, 0.2) is 120 Å². The van der Waals surface area contributed by atoms with Gasteiger partial charge < -0.3 is 4.90 Å². The van der Waals surface area contributed by atoms with Crippen molar-refractivity contribution in [3.63, 3.8) is 0 Å². The second kappa shape index (κ2) is 11.4. The molecule has 0 spiro atoms. The molecule has 1 aliphatic rings. The van der Waals surface area contributed by atoms with Gasteiger partial charge in [0.1, 0.15) is 8.07 Å². The number of hydrogen-bond donors (Lipinski definition) is 0. The van der Waals surface area contributed by atoms with E-state index >= 15 is 0 Å². The molecule has 1 aliphatic heterocycles. The summed E-state index contributed by atoms with van der Waals surface area (Å²) in [7, 11) is 1.79. The summed E-state index contributed by atoms with van der Waals surface area (Å²) in [5, 5.41) is 11.6. The molecular formula is C37H30N2Si. The summed E-state index contributed by atoms with van der Waals surface area (Å²) in [5.41, 5.74) is 8.34. The Morgan fingerprint density at radius 2 is 0.925 bits per heavy atom. The summed E-state index contributed by atoms with van der Waals surface area (Å²) in [5.74, 6) is 14.2. The molecule has 0 atom stereocenters. The zero-order valence-corrected chi connectivity index (χ0v) is 24.3. The maximum Gasteiger partial charge on any atom is 0.135 e. The first kappa shape index (κ1) is 26.6. The summed E-state index contributed by atoms with van der Waals surface area (Å²) in [6, 6.07) is 39.2. The third-order valence-corrected chi connectivity index (χ3v) is 10.4. The Morgan fingerprint density at radius 1 is 0.525 bits per heavy atom. The molecule has 3 heteroatoms. The molecule has 0 unspecified atom stereocenters. The number of anilines is 1. The number of allylic oxidation sites excluding steroid dienone is 4. The SMILES string of the molecule is CN(C)c1ccc(C#CC2=C(c3ccccc3)C(c3ccccc3)=C(C#Cc3ccc(C#N)cc3)[Si]2(C)C)cc1. The minimum Gasteiger partial charge on any atom is -0.378 e. The van der Waals surface area contributed by atoms with Crippen LogP contribution in [-0.4, -0.2) is 22.2 Å². The van der Waals surface area contributed by atoms with E-state index in [-0.39, 0.29) is 0 Å². The first-order chi connectivity index (χ1) is 19.4. The lowest BCUT2D eigenvalue weighted by Crippen LogP contribution is -2.29. The molecule has 0 fully saturated rings. The first-order valence-electron chi connectivity index (χ1n) is 13.3. The van der Waals surface area contributed by atoms with Crippen molar-refractivity contribution in [3.8, 4) is 29.8 Å². The molecule has 0 radical (unpaired) electrons. The van der Waals surface area contributed by atoms with Crippen molar-refractivity contribution in [2.45, 2.75) is 13.1 Å². The predicted molar refractivity (Wildman–Crippen MR) is 170 cm³/mol. The second-order valence-corrected chi connectivity index (χ2v) is 14.7. The summed E-state index contributed by atoms with van der Waals surface area (Å²) in [6.07, 6.45) is 0. The van der Waals surface area contributed by atoms with Crippen molar-refractivity contribution in [3.05, 3.63) is 147 Å². The highest BCUT2D eigenvalue weighted by Crippen LogP contribution is 2.48. The lowest BCUT2D eigenvalue weighted by atomic mass is 9.91. The fourth-order valence-electron chi connectivity index (χ4n) is 4.96. The molecule has 0 amide bonds. The summed E-state index contributed by atoms with van der Waals surface area (Å²) < 4.78 is 0. The number of rotatable bonds is 3. The maximum absolute atomic E-state index is 9.19. The van der Waals surface area contributed by atoms with Crippen molar-refractivity contribution in [2.75, 3.05) is 19.0 Å². The Balaban J connectivity index is 1.72. The van der Waals surface area contributed by atoms with Crippen LogP contribution < -0.4 is 4.90 Å². The zero-order valence-electron chi connectivity index (χ0n) is 23.3. The van der Waals surface area contributed by atoms with Crippen molar-refractivity contribution in [1.82, 2.24) is 0 Å². The fourth-order valence-corrected chi connectivity index (χ4v) is 7.75. The summed E-state index contributed by atoms with van der Waals surface area (Å²) in [4.78, 5) is 2.09. The molecule has 5 rings (SSSR count). The highest BCUT2D eigenvalue weighted by molar-refractivity contribution is 6.96. The molecule has 2 nitrogen and oxygen atoms in total. The maximum atomic E-state index is 9.19. The smallest absolute Gasteiger partial charge is 0.135 e. The topological polar surface area (TPSA) is 27.0 Å². The minimum atomic E-state index is -2.29. The minimum absolute atomic E-state index is 0.634. The Morgan fingerprint density at radius 3 is 1.32 bits per heavy atom. The van der Waals surface area contributed by atoms with Crippen LogP contribution in [0.4, 0.5) is 5.69 Å². The Hall–Kier alpha value is -5.01. The van der Waals surface area contributed by atoms with Crippen LogP contribution in [-0.2, 0) is 0 Å². The molecule has 0 saturated carbocycles. The van der Waals surface area contributed by atoms with Gasteiger partial charge in [0, 0.05) is 41.3 Å². The molecule has 4 aromatic rings. The molecule has 0 saturated heterocycles. The standard InChI is InChI=1S/C37H30N2Si/c1-39(2)33-23-19-29(20-24-33)22-26-35-37(32-13-9-6-10-14-32)36(31-11-7-5-8-12-31)34(40(35,3)4)25-21-28-15-17-30(27-38)18-16-28/h5-20,23-24H,1-4H3. The van der Waals surface area contributed by atoms with Crippen LogP contribution in [0.1, 0.15) is 27.8 Å². The van der Waals surface area contributed by atoms with Gasteiger partial charge in [-0.2, -0.15) is 5.26 Å². The van der Waals surface area contributed by atoms with Crippen molar-refractivity contribution < 1.29 is 0 Å². The highest BCUT2D eigenvalue weighted by atomic mass is 28.3. The van der Waals surface area contributed by atoms with Gasteiger partial charge in [-0.15, -0.1) is 0 Å². The van der Waals surface area contributed by atoms with E-state index in [1.54, 1.807) is 0 Å². The third-order valence-electron chi connectivity index (χ3n) is 7.19. The lowest BCUT2D eigenvalue weighted by molar-refractivity contribution is 1.13. The molecule has 40 heavy (non-hydrogen) atoms. The lowest BCUT2D eigenvalue weighted by Gasteiger charge is -2.18. The first-order valence-corrected chi connectivity index (χ1v) is 16.3. The van der Waals surface area contributed by atoms with Gasteiger partial charge >= 0.3 is 0 Å². The van der Waals surface area contributed by atoms with Gasteiger partial charge in [0.25, 0.3) is 0 Å². The second-order valence-electron chi connectivity index (χ2n) is 10.5. The van der Waals surface area contributed by atoms with E-state index in [2.05, 4.69) is 127 Å². The average molecular weight is 531 g/mol. The van der Waals surface area contributed by atoms with Crippen LogP contribution in [0.2, 0.25) is 13.1 Å². The van der Waals surface area contributed by atoms with Gasteiger partial charge in [0.05, 0.1) is 11.6 Å². The van der Waals surface area contributed by atoms with Crippen molar-refractivity contribution in [2.24, 2.45) is 0 Å². The number of nitrogens with zero attached hydrogens (tertiary/aromatic N) is 2. The van der Waals surface area contributed by atoms with E-state index in [1.807, 2.05) is 44.4 Å². The Bertz CT molecular complexity index is 1760. The van der Waals surface area contributed by atoms with E-state index in [0.717, 1.165) is 27.9 Å². The molecule has 0 aromatic heterocycles. The van der Waals surface area contributed by atoms with Crippen LogP contribution in [0, 0.1) is 35.0 Å². The zero-order chi connectivity index (χ0) is 28.1. The largest absolute Gasteiger partial charge is 0.378 e. The number of benzene rings is 4. The highest BCUT2D eigenvalue weighted by Gasteiger charge is 2.41. The number of nitriles is 1. The molecule has 1 heterocycles. The number of hydrogen-bond acceptors (Lipinski definition) is 2. The van der Waals surface area contributed by atoms with Crippen molar-refractivity contribution >= 4 is 24.9 Å². The quantitative estimate of drug-likeness (QED) is 0.200. The van der Waals surface area contributed by atoms with Crippen molar-refractivity contribution in [1.29, 1.82) is 5.26 Å². The fraction of sp³-hybridized carbons (Fsp3) is 0.108. The molecule has 0 bridgehead atoms. The van der Waals surface area contributed by atoms with E-state index in [1.165, 1.54) is 21.5 Å². The van der Waals surface area contributed by atoms with E-state index in [0.29, 0.717) is 5.56 Å². The molecule has 0 aliphatic carbocycles. The third kappa shape index (κ3) is 5.41. The normalized spacial score (nSPS) is 13.6. The van der Waals surface area contributed by atoms with Crippen LogP contribution >= 0.6 is 0 Å². The van der Waals surface area contributed by atoms with E-state index in [9.17, 15) is 5.26 Å². The monoisotopic (exact) mass is 530 g/mol. The van der Waals surface area contributed by atoms with E-state index < -0.39 is 8.07 Å². The van der Waals surface area contributed by atoms with Crippen LogP contribution in [0.5, 0.6) is 0 Å². The molecule has 192 valence electrons. The van der Waals surface area contributed by atoms with Crippen LogP contribution in [0.25, 0.3) is 11.1 Å². The van der Waals surface area contributed by atoms with Gasteiger partial charge in [0.15, 0.2) is 0 Å².